The summed E-state index contributed by atoms with van der Waals surface area (Å²) in [4.78, 5) is 22.5. The standard InChI is InChI=1S/C15H20NO6.Hg.H2O/c1-11(21-8-7-20-2)9-16-15(19)12-5-3-4-6-13(12)22-10-14(17)18;;/h3-6,11H,1,7-10H2,2H3,(H,16,19)(H,17,18);;1H2/q-1;+2;/p-1. The third-order valence-corrected chi connectivity index (χ3v) is 2.61. The summed E-state index contributed by atoms with van der Waals surface area (Å²) < 4.78 is 15.2. The Morgan fingerprint density at radius 1 is 1.33 bits per heavy atom. The first-order chi connectivity index (χ1) is 10.5. The molecule has 0 radical (unpaired) electrons. The van der Waals surface area contributed by atoms with Crippen molar-refractivity contribution in [3.8, 4) is 5.75 Å². The minimum Gasteiger partial charge on any atom is -0.870 e. The molecule has 0 aromatic heterocycles. The summed E-state index contributed by atoms with van der Waals surface area (Å²) >= 11 is 0. The van der Waals surface area contributed by atoms with Crippen LogP contribution in [0.3, 0.4) is 0 Å². The van der Waals surface area contributed by atoms with E-state index in [0.717, 1.165) is 0 Å². The molecule has 0 saturated heterocycles. The minimum atomic E-state index is -1.36. The first-order valence-electron chi connectivity index (χ1n) is 6.68. The van der Waals surface area contributed by atoms with Crippen molar-refractivity contribution >= 4 is 11.9 Å². The molecule has 0 fully saturated rings. The van der Waals surface area contributed by atoms with E-state index < -0.39 is 24.6 Å². The zero-order valence-electron chi connectivity index (χ0n) is 14.5. The van der Waals surface area contributed by atoms with Crippen LogP contribution in [-0.2, 0) is 41.9 Å². The summed E-state index contributed by atoms with van der Waals surface area (Å²) in [7, 11) is 1.56. The van der Waals surface area contributed by atoms with E-state index in [0.29, 0.717) is 13.2 Å². The van der Waals surface area contributed by atoms with E-state index >= 15 is 0 Å². The Kier molecular flexibility index (Phi) is 14.7. The molecule has 1 aromatic carbocycles. The molecule has 0 aliphatic carbocycles. The summed E-state index contributed by atoms with van der Waals surface area (Å²) in [6, 6.07) is 6.33. The Hall–Kier alpha value is -1.22. The molecule has 8 nitrogen and oxygen atoms in total. The van der Waals surface area contributed by atoms with Gasteiger partial charge in [-0.3, -0.25) is 4.79 Å². The van der Waals surface area contributed by atoms with Gasteiger partial charge in [0.05, 0.1) is 24.7 Å². The van der Waals surface area contributed by atoms with Crippen LogP contribution in [0, 0.1) is 6.92 Å². The number of hydrogen-bond donors (Lipinski definition) is 1. The predicted octanol–water partition coefficient (Wildman–Crippen LogP) is -0.656. The number of para-hydroxylation sites is 1. The molecule has 0 spiro atoms. The van der Waals surface area contributed by atoms with Gasteiger partial charge < -0.3 is 41.8 Å². The van der Waals surface area contributed by atoms with Crippen LogP contribution in [0.2, 0.25) is 0 Å². The summed E-state index contributed by atoms with van der Waals surface area (Å²) in [6.07, 6.45) is -0.421. The number of ether oxygens (including phenoxy) is 3. The Morgan fingerprint density at radius 2 is 2.00 bits per heavy atom. The number of rotatable bonds is 10. The summed E-state index contributed by atoms with van der Waals surface area (Å²) in [5, 5.41) is 13.1. The average molecular weight is 528 g/mol. The van der Waals surface area contributed by atoms with Gasteiger partial charge in [0.15, 0.2) is 0 Å². The number of carbonyl (C=O) groups excluding carboxylic acids is 2. The molecule has 0 aliphatic rings. The number of hydrogen-bond acceptors (Lipinski definition) is 7. The maximum atomic E-state index is 12.1. The largest absolute Gasteiger partial charge is 2.00 e. The number of carboxylic acids is 1. The Morgan fingerprint density at radius 3 is 2.62 bits per heavy atom. The third-order valence-electron chi connectivity index (χ3n) is 2.61. The zero-order chi connectivity index (χ0) is 16.4. The van der Waals surface area contributed by atoms with Crippen molar-refractivity contribution in [2.45, 2.75) is 6.10 Å². The molecule has 24 heavy (non-hydrogen) atoms. The molecule has 0 bridgehead atoms. The van der Waals surface area contributed by atoms with E-state index in [2.05, 4.69) is 12.2 Å². The van der Waals surface area contributed by atoms with E-state index in [1.54, 1.807) is 19.2 Å². The van der Waals surface area contributed by atoms with Gasteiger partial charge in [-0.2, -0.15) is 0 Å². The van der Waals surface area contributed by atoms with Gasteiger partial charge >= 0.3 is 29.1 Å². The summed E-state index contributed by atoms with van der Waals surface area (Å²) in [6.45, 7) is 4.16. The minimum absolute atomic E-state index is 0. The van der Waals surface area contributed by atoms with Gasteiger partial charge in [-0.1, -0.05) is 12.1 Å². The Bertz CT molecular complexity index is 505. The van der Waals surface area contributed by atoms with Gasteiger partial charge in [0.2, 0.25) is 0 Å². The van der Waals surface area contributed by atoms with Crippen LogP contribution in [0.15, 0.2) is 24.3 Å². The second-order valence-corrected chi connectivity index (χ2v) is 4.35. The second-order valence-electron chi connectivity index (χ2n) is 4.35. The molecule has 1 aromatic rings. The summed E-state index contributed by atoms with van der Waals surface area (Å²) in [5.41, 5.74) is 0.229. The van der Waals surface area contributed by atoms with Crippen molar-refractivity contribution in [1.29, 1.82) is 0 Å². The number of carboxylic acid groups (broad SMARTS) is 1. The van der Waals surface area contributed by atoms with Crippen LogP contribution in [0.25, 0.3) is 0 Å². The number of methoxy groups -OCH3 is 1. The molecule has 0 heterocycles. The van der Waals surface area contributed by atoms with Gasteiger partial charge in [0, 0.05) is 13.7 Å². The van der Waals surface area contributed by atoms with Crippen molar-refractivity contribution < 1.29 is 63.5 Å². The normalized spacial score (nSPS) is 10.8. The van der Waals surface area contributed by atoms with Crippen LogP contribution in [-0.4, -0.2) is 56.9 Å². The SMILES string of the molecule is [CH2-]C(CNC(=O)c1ccccc1OCC(=O)[O-])OCCOC.[H+].[Hg+2].[OH-]. The van der Waals surface area contributed by atoms with Crippen molar-refractivity contribution in [2.24, 2.45) is 0 Å². The number of aliphatic carboxylic acids is 1. The molecule has 1 rings (SSSR count). The zero-order valence-corrected chi connectivity index (χ0v) is 19.0. The van der Waals surface area contributed by atoms with Crippen molar-refractivity contribution in [1.82, 2.24) is 5.32 Å². The second kappa shape index (κ2) is 14.1. The van der Waals surface area contributed by atoms with Crippen LogP contribution in [0.4, 0.5) is 0 Å². The topological polar surface area (TPSA) is 127 Å². The fourth-order valence-electron chi connectivity index (χ4n) is 1.58. The predicted molar refractivity (Wildman–Crippen MR) is 79.3 cm³/mol. The smallest absolute Gasteiger partial charge is 0.870 e. The van der Waals surface area contributed by atoms with E-state index in [-0.39, 0.29) is 52.4 Å². The van der Waals surface area contributed by atoms with Crippen LogP contribution in [0.1, 0.15) is 11.8 Å². The third kappa shape index (κ3) is 9.81. The Labute approximate surface area is 162 Å². The van der Waals surface area contributed by atoms with E-state index in [9.17, 15) is 14.7 Å². The van der Waals surface area contributed by atoms with Gasteiger partial charge in [0.25, 0.3) is 5.91 Å². The molecule has 1 amide bonds. The first-order valence-corrected chi connectivity index (χ1v) is 6.68. The molecule has 130 valence electrons. The molecule has 1 atom stereocenters. The van der Waals surface area contributed by atoms with E-state index in [1.807, 2.05) is 0 Å². The number of carbonyl (C=O) groups is 2. The van der Waals surface area contributed by atoms with Gasteiger partial charge in [0.1, 0.15) is 12.4 Å². The maximum absolute atomic E-state index is 12.1. The van der Waals surface area contributed by atoms with Crippen molar-refractivity contribution in [2.75, 3.05) is 33.5 Å². The fraction of sp³-hybridized carbons (Fsp3) is 0.400. The molecule has 2 N–H and O–H groups in total. The van der Waals surface area contributed by atoms with Gasteiger partial charge in [-0.25, -0.2) is 0 Å². The molecular formula is C15H21HgNO7. The van der Waals surface area contributed by atoms with Crippen molar-refractivity contribution in [3.63, 3.8) is 0 Å². The first kappa shape index (κ1) is 25.0. The van der Waals surface area contributed by atoms with E-state index in [4.69, 9.17) is 14.2 Å². The average Bonchev–Trinajstić information content (AvgIpc) is 2.51. The monoisotopic (exact) mass is 529 g/mol. The van der Waals surface area contributed by atoms with Crippen LogP contribution >= 0.6 is 0 Å². The molecule has 1 unspecified atom stereocenters. The van der Waals surface area contributed by atoms with Gasteiger partial charge in [-0.15, -0.1) is 0 Å². The number of nitrogens with one attached hydrogen (secondary N) is 1. The fourth-order valence-corrected chi connectivity index (χ4v) is 1.58. The molecular weight excluding hydrogens is 507 g/mol. The quantitative estimate of drug-likeness (QED) is 0.243. The number of amides is 1. The molecule has 0 aliphatic heterocycles. The van der Waals surface area contributed by atoms with Crippen LogP contribution in [0.5, 0.6) is 5.75 Å². The maximum Gasteiger partial charge on any atom is 2.00 e. The van der Waals surface area contributed by atoms with Gasteiger partial charge in [-0.05, 0) is 18.2 Å². The number of benzene rings is 1. The van der Waals surface area contributed by atoms with E-state index in [1.165, 1.54) is 12.1 Å². The van der Waals surface area contributed by atoms with Crippen LogP contribution < -0.4 is 15.2 Å². The summed E-state index contributed by atoms with van der Waals surface area (Å²) in [5.74, 6) is -1.59. The molecule has 0 saturated carbocycles. The van der Waals surface area contributed by atoms with Crippen molar-refractivity contribution in [3.05, 3.63) is 36.8 Å². The Balaban J connectivity index is -0.00000161. The molecule has 9 heteroatoms.